The van der Waals surface area contributed by atoms with Crippen molar-refractivity contribution in [1.29, 1.82) is 0 Å². The molecule has 0 bridgehead atoms. The highest BCUT2D eigenvalue weighted by atomic mass is 32.3. The topological polar surface area (TPSA) is 77.8 Å². The highest BCUT2D eigenvalue weighted by Crippen LogP contribution is 2.34. The Labute approximate surface area is 104 Å². The van der Waals surface area contributed by atoms with Crippen molar-refractivity contribution in [3.05, 3.63) is 0 Å². The molecule has 3 N–H and O–H groups in total. The summed E-state index contributed by atoms with van der Waals surface area (Å²) in [5, 5.41) is 27.7. The normalized spacial score (nSPS) is 27.4. The lowest BCUT2D eigenvalue weighted by molar-refractivity contribution is -0.0185. The van der Waals surface area contributed by atoms with Gasteiger partial charge in [-0.2, -0.15) is 0 Å². The predicted octanol–water partition coefficient (Wildman–Crippen LogP) is 0.0698. The van der Waals surface area contributed by atoms with E-state index in [1.165, 1.54) is 0 Å². The molecule has 1 saturated heterocycles. The first-order valence-electron chi connectivity index (χ1n) is 6.58. The molecule has 1 rings (SSSR count). The third-order valence-corrected chi connectivity index (χ3v) is 7.23. The van der Waals surface area contributed by atoms with Crippen LogP contribution in [-0.2, 0) is 9.93 Å². The number of unbranched alkanes of at least 4 members (excludes halogenated alkanes) is 2. The molecule has 0 radical (unpaired) electrons. The van der Waals surface area contributed by atoms with E-state index in [-0.39, 0.29) is 0 Å². The molecule has 17 heavy (non-hydrogen) atoms. The van der Waals surface area contributed by atoms with Crippen LogP contribution in [0.1, 0.15) is 39.0 Å². The molecule has 1 aliphatic rings. The van der Waals surface area contributed by atoms with Crippen LogP contribution in [0.4, 0.5) is 0 Å². The molecule has 5 heteroatoms. The van der Waals surface area contributed by atoms with Gasteiger partial charge in [-0.1, -0.05) is 29.7 Å². The maximum absolute atomic E-state index is 12.0. The number of aliphatic hydroxyl groups excluding tert-OH is 3. The molecule has 0 aromatic carbocycles. The van der Waals surface area contributed by atoms with E-state index in [9.17, 15) is 9.32 Å². The fourth-order valence-corrected chi connectivity index (χ4v) is 5.66. The lowest BCUT2D eigenvalue weighted by Crippen LogP contribution is -2.29. The Morgan fingerprint density at radius 1 is 1.24 bits per heavy atom. The molecule has 3 unspecified atom stereocenters. The maximum Gasteiger partial charge on any atom is 0.103 e. The van der Waals surface area contributed by atoms with E-state index in [1.54, 1.807) is 0 Å². The fraction of sp³-hybridized carbons (Fsp3) is 1.00. The van der Waals surface area contributed by atoms with E-state index in [0.29, 0.717) is 11.7 Å². The first-order valence-corrected chi connectivity index (χ1v) is 8.73. The van der Waals surface area contributed by atoms with Crippen molar-refractivity contribution in [3.63, 3.8) is 0 Å². The van der Waals surface area contributed by atoms with Gasteiger partial charge < -0.3 is 15.3 Å². The summed E-state index contributed by atoms with van der Waals surface area (Å²) in [4.78, 5) is 0. The predicted molar refractivity (Wildman–Crippen MR) is 70.9 cm³/mol. The van der Waals surface area contributed by atoms with Crippen molar-refractivity contribution in [3.8, 4) is 0 Å². The summed E-state index contributed by atoms with van der Waals surface area (Å²) < 4.78 is 12.0. The molecule has 3 atom stereocenters. The minimum absolute atomic E-state index is 0.394. The van der Waals surface area contributed by atoms with Crippen LogP contribution in [0.25, 0.3) is 0 Å². The molecule has 1 fully saturated rings. The summed E-state index contributed by atoms with van der Waals surface area (Å²) in [5.74, 6) is 1.79. The van der Waals surface area contributed by atoms with Gasteiger partial charge in [-0.05, 0) is 19.3 Å². The van der Waals surface area contributed by atoms with Crippen LogP contribution in [0.3, 0.4) is 0 Å². The van der Waals surface area contributed by atoms with Crippen LogP contribution in [0.2, 0.25) is 0 Å². The van der Waals surface area contributed by atoms with Crippen LogP contribution in [0.5, 0.6) is 0 Å². The Morgan fingerprint density at radius 3 is 2.47 bits per heavy atom. The van der Waals surface area contributed by atoms with Crippen LogP contribution in [-0.4, -0.2) is 55.1 Å². The number of rotatable bonds is 9. The van der Waals surface area contributed by atoms with Crippen molar-refractivity contribution in [2.24, 2.45) is 0 Å². The van der Waals surface area contributed by atoms with Gasteiger partial charge in [-0.15, -0.1) is 0 Å². The Morgan fingerprint density at radius 2 is 1.94 bits per heavy atom. The Balaban J connectivity index is 2.00. The summed E-state index contributed by atoms with van der Waals surface area (Å²) in [6.07, 6.45) is 2.39. The van der Waals surface area contributed by atoms with Gasteiger partial charge in [0.25, 0.3) is 0 Å². The molecule has 0 aromatic rings. The van der Waals surface area contributed by atoms with Gasteiger partial charge in [0.2, 0.25) is 0 Å². The first kappa shape index (κ1) is 15.1. The van der Waals surface area contributed by atoms with Crippen LogP contribution < -0.4 is 0 Å². The molecule has 1 heterocycles. The molecule has 0 saturated carbocycles. The van der Waals surface area contributed by atoms with Gasteiger partial charge in [0.15, 0.2) is 0 Å². The minimum atomic E-state index is -1.77. The van der Waals surface area contributed by atoms with Gasteiger partial charge in [0.05, 0.1) is 12.7 Å². The summed E-state index contributed by atoms with van der Waals surface area (Å²) in [7, 11) is -1.77. The lowest BCUT2D eigenvalue weighted by atomic mass is 10.1. The number of aliphatic hydroxyl groups is 3. The van der Waals surface area contributed by atoms with Crippen molar-refractivity contribution in [2.45, 2.75) is 56.5 Å². The zero-order valence-corrected chi connectivity index (χ0v) is 11.5. The Kier molecular flexibility index (Phi) is 6.06. The van der Waals surface area contributed by atoms with E-state index in [2.05, 4.69) is 6.92 Å². The molecule has 0 aromatic heterocycles. The highest BCUT2D eigenvalue weighted by Gasteiger charge is 2.41. The molecular formula is C12H26O4S. The average molecular weight is 266 g/mol. The van der Waals surface area contributed by atoms with Crippen molar-refractivity contribution < 1.29 is 19.5 Å². The van der Waals surface area contributed by atoms with E-state index in [0.717, 1.165) is 37.2 Å². The van der Waals surface area contributed by atoms with Crippen LogP contribution >= 0.6 is 0 Å². The number of hydrogen-bond donors (Lipinski definition) is 4. The molecule has 0 spiro atoms. The molecule has 104 valence electrons. The van der Waals surface area contributed by atoms with Crippen LogP contribution in [0, 0.1) is 0 Å². The largest absolute Gasteiger partial charge is 0.394 e. The molecule has 0 amide bonds. The molecule has 1 aliphatic heterocycles. The Bertz CT molecular complexity index is 269. The second-order valence-electron chi connectivity index (χ2n) is 5.09. The number of thiol groups is 1. The van der Waals surface area contributed by atoms with Gasteiger partial charge in [0, 0.05) is 16.8 Å². The van der Waals surface area contributed by atoms with Gasteiger partial charge in [-0.25, -0.2) is 0 Å². The second-order valence-corrected chi connectivity index (χ2v) is 8.53. The van der Waals surface area contributed by atoms with E-state index >= 15 is 0 Å². The van der Waals surface area contributed by atoms with Crippen molar-refractivity contribution in [1.82, 2.24) is 0 Å². The maximum atomic E-state index is 12.0. The standard InChI is InChI=1S/C12H26O4S/c1-2-10-9-17(10,16)7-5-3-4-6-11(14)12(15)8-13/h10-15,17H,2-9H2,1H3. The molecule has 4 nitrogen and oxygen atoms in total. The van der Waals surface area contributed by atoms with Gasteiger partial charge in [0.1, 0.15) is 6.10 Å². The van der Waals surface area contributed by atoms with Gasteiger partial charge >= 0.3 is 0 Å². The fourth-order valence-electron chi connectivity index (χ4n) is 2.27. The smallest absolute Gasteiger partial charge is 0.103 e. The third kappa shape index (κ3) is 4.66. The third-order valence-electron chi connectivity index (χ3n) is 3.69. The zero-order valence-electron chi connectivity index (χ0n) is 10.6. The monoisotopic (exact) mass is 266 g/mol. The quantitative estimate of drug-likeness (QED) is 0.271. The second kappa shape index (κ2) is 6.83. The lowest BCUT2D eigenvalue weighted by Gasteiger charge is -2.15. The average Bonchev–Trinajstić information content (AvgIpc) is 2.98. The summed E-state index contributed by atoms with van der Waals surface area (Å²) in [5.41, 5.74) is 0. The first-order chi connectivity index (χ1) is 8.03. The summed E-state index contributed by atoms with van der Waals surface area (Å²) in [6.45, 7) is 1.70. The summed E-state index contributed by atoms with van der Waals surface area (Å²) in [6, 6.07) is 0. The van der Waals surface area contributed by atoms with E-state index < -0.39 is 28.7 Å². The van der Waals surface area contributed by atoms with E-state index in [1.807, 2.05) is 0 Å². The SMILES string of the molecule is CCC1C[SH]1(=O)CCCCCC(O)C(O)CO. The van der Waals surface area contributed by atoms with E-state index in [4.69, 9.17) is 10.2 Å². The van der Waals surface area contributed by atoms with Crippen molar-refractivity contribution in [2.75, 3.05) is 18.1 Å². The number of hydrogen-bond acceptors (Lipinski definition) is 4. The Hall–Kier alpha value is 0.0300. The highest BCUT2D eigenvalue weighted by molar-refractivity contribution is 8.10. The molecule has 0 aliphatic carbocycles. The zero-order chi connectivity index (χ0) is 12.9. The van der Waals surface area contributed by atoms with Crippen molar-refractivity contribution >= 4 is 9.93 Å². The van der Waals surface area contributed by atoms with Gasteiger partial charge in [-0.3, -0.25) is 4.21 Å². The minimum Gasteiger partial charge on any atom is -0.394 e. The van der Waals surface area contributed by atoms with Crippen LogP contribution in [0.15, 0.2) is 0 Å². The molecular weight excluding hydrogens is 240 g/mol. The summed E-state index contributed by atoms with van der Waals surface area (Å²) >= 11 is 0.